The largest absolute Gasteiger partial charge is 0.332 e. The molecule has 0 spiro atoms. The van der Waals surface area contributed by atoms with E-state index in [1.54, 1.807) is 11.3 Å². The van der Waals surface area contributed by atoms with Gasteiger partial charge in [0.05, 0.1) is 5.69 Å². The van der Waals surface area contributed by atoms with Crippen molar-refractivity contribution in [3.63, 3.8) is 0 Å². The normalized spacial score (nSPS) is 20.9. The number of amides is 1. The first kappa shape index (κ1) is 14.8. The summed E-state index contributed by atoms with van der Waals surface area (Å²) in [6.45, 7) is 4.86. The summed E-state index contributed by atoms with van der Waals surface area (Å²) in [5, 5.41) is 3.80. The second kappa shape index (κ2) is 5.72. The Kier molecular flexibility index (Phi) is 3.69. The smallest absolute Gasteiger partial charge is 0.229 e. The fourth-order valence-corrected chi connectivity index (χ4v) is 4.52. The van der Waals surface area contributed by atoms with Crippen LogP contribution in [0.1, 0.15) is 28.5 Å². The molecule has 0 aliphatic carbocycles. The van der Waals surface area contributed by atoms with Gasteiger partial charge in [-0.25, -0.2) is 9.97 Å². The molecular formula is C16H21N5OS. The second-order valence-electron chi connectivity index (χ2n) is 6.50. The molecule has 0 fully saturated rings. The number of nitrogens with zero attached hydrogens (tertiary/aromatic N) is 4. The van der Waals surface area contributed by atoms with Crippen LogP contribution < -0.4 is 5.32 Å². The maximum Gasteiger partial charge on any atom is 0.229 e. The van der Waals surface area contributed by atoms with Gasteiger partial charge >= 0.3 is 0 Å². The highest BCUT2D eigenvalue weighted by atomic mass is 32.1. The van der Waals surface area contributed by atoms with E-state index in [1.165, 1.54) is 4.88 Å². The molecule has 1 N–H and O–H groups in total. The van der Waals surface area contributed by atoms with Gasteiger partial charge in [-0.1, -0.05) is 0 Å². The second-order valence-corrected chi connectivity index (χ2v) is 7.59. The predicted octanol–water partition coefficient (Wildman–Crippen LogP) is 1.84. The monoisotopic (exact) mass is 331 g/mol. The molecule has 2 aliphatic heterocycles. The van der Waals surface area contributed by atoms with Crippen LogP contribution in [0.15, 0.2) is 6.20 Å². The summed E-state index contributed by atoms with van der Waals surface area (Å²) >= 11 is 1.62. The summed E-state index contributed by atoms with van der Waals surface area (Å²) < 4.78 is 2.21. The van der Waals surface area contributed by atoms with Gasteiger partial charge < -0.3 is 14.8 Å². The van der Waals surface area contributed by atoms with Gasteiger partial charge in [0, 0.05) is 55.2 Å². The van der Waals surface area contributed by atoms with Crippen molar-refractivity contribution >= 4 is 22.4 Å². The summed E-state index contributed by atoms with van der Waals surface area (Å²) in [4.78, 5) is 25.1. The number of hydrogen-bond donors (Lipinski definition) is 1. The highest BCUT2D eigenvalue weighted by Crippen LogP contribution is 2.29. The quantitative estimate of drug-likeness (QED) is 0.912. The third-order valence-corrected chi connectivity index (χ3v) is 5.82. The Morgan fingerprint density at radius 2 is 2.30 bits per heavy atom. The standard InChI is InChI=1S/C16H21N5OS/c1-10-17-8-12-7-11(3-6-21(10)12)15(22)19-16-18-13-4-5-20(2)9-14(13)23-16/h8,11H,3-7,9H2,1-2H3,(H,18,19,22). The van der Waals surface area contributed by atoms with Gasteiger partial charge in [0.25, 0.3) is 0 Å². The van der Waals surface area contributed by atoms with Crippen molar-refractivity contribution in [1.29, 1.82) is 0 Å². The molecule has 2 aliphatic rings. The highest BCUT2D eigenvalue weighted by molar-refractivity contribution is 7.15. The number of likely N-dealkylation sites (N-methyl/N-ethyl adjacent to an activating group) is 1. The number of carbonyl (C=O) groups excluding carboxylic acids is 1. The minimum absolute atomic E-state index is 0.0159. The number of aromatic nitrogens is 3. The van der Waals surface area contributed by atoms with Gasteiger partial charge in [0.15, 0.2) is 5.13 Å². The Balaban J connectivity index is 1.45. The molecule has 23 heavy (non-hydrogen) atoms. The van der Waals surface area contributed by atoms with E-state index in [0.29, 0.717) is 0 Å². The molecule has 7 heteroatoms. The lowest BCUT2D eigenvalue weighted by atomic mass is 9.95. The molecule has 0 bridgehead atoms. The molecule has 1 unspecified atom stereocenters. The number of aryl methyl sites for hydroxylation is 1. The van der Waals surface area contributed by atoms with Crippen LogP contribution in [-0.4, -0.2) is 38.9 Å². The zero-order chi connectivity index (χ0) is 16.0. The average Bonchev–Trinajstić information content (AvgIpc) is 3.10. The maximum absolute atomic E-state index is 12.6. The number of rotatable bonds is 2. The zero-order valence-corrected chi connectivity index (χ0v) is 14.3. The summed E-state index contributed by atoms with van der Waals surface area (Å²) in [7, 11) is 2.12. The van der Waals surface area contributed by atoms with E-state index in [0.717, 1.165) is 61.2 Å². The van der Waals surface area contributed by atoms with Gasteiger partial charge in [-0.3, -0.25) is 4.79 Å². The lowest BCUT2D eigenvalue weighted by Crippen LogP contribution is -2.30. The Labute approximate surface area is 139 Å². The highest BCUT2D eigenvalue weighted by Gasteiger charge is 2.27. The summed E-state index contributed by atoms with van der Waals surface area (Å²) in [5.41, 5.74) is 2.31. The van der Waals surface area contributed by atoms with E-state index in [-0.39, 0.29) is 11.8 Å². The molecule has 2 aromatic heterocycles. The first-order valence-electron chi connectivity index (χ1n) is 8.09. The van der Waals surface area contributed by atoms with E-state index < -0.39 is 0 Å². The molecule has 1 atom stereocenters. The molecular weight excluding hydrogens is 310 g/mol. The van der Waals surface area contributed by atoms with Crippen LogP contribution in [0.2, 0.25) is 0 Å². The van der Waals surface area contributed by atoms with Crippen LogP contribution in [0.5, 0.6) is 0 Å². The zero-order valence-electron chi connectivity index (χ0n) is 13.5. The van der Waals surface area contributed by atoms with Crippen LogP contribution >= 0.6 is 11.3 Å². The summed E-state index contributed by atoms with van der Waals surface area (Å²) in [6.07, 6.45) is 4.50. The number of thiazole rings is 1. The summed E-state index contributed by atoms with van der Waals surface area (Å²) in [5.74, 6) is 1.15. The summed E-state index contributed by atoms with van der Waals surface area (Å²) in [6, 6.07) is 0. The molecule has 4 rings (SSSR count). The van der Waals surface area contributed by atoms with Crippen LogP contribution in [0.25, 0.3) is 0 Å². The minimum Gasteiger partial charge on any atom is -0.332 e. The van der Waals surface area contributed by atoms with Crippen molar-refractivity contribution in [3.8, 4) is 0 Å². The van der Waals surface area contributed by atoms with Gasteiger partial charge in [-0.15, -0.1) is 11.3 Å². The van der Waals surface area contributed by atoms with Gasteiger partial charge in [0.2, 0.25) is 5.91 Å². The first-order chi connectivity index (χ1) is 11.1. The number of fused-ring (bicyclic) bond motifs is 2. The lowest BCUT2D eigenvalue weighted by molar-refractivity contribution is -0.120. The number of hydrogen-bond acceptors (Lipinski definition) is 5. The van der Waals surface area contributed by atoms with E-state index in [9.17, 15) is 4.79 Å². The molecule has 6 nitrogen and oxygen atoms in total. The molecule has 122 valence electrons. The van der Waals surface area contributed by atoms with E-state index >= 15 is 0 Å². The van der Waals surface area contributed by atoms with E-state index in [4.69, 9.17) is 0 Å². The van der Waals surface area contributed by atoms with Crippen molar-refractivity contribution < 1.29 is 4.79 Å². The first-order valence-corrected chi connectivity index (χ1v) is 8.91. The number of nitrogens with one attached hydrogen (secondary N) is 1. The Morgan fingerprint density at radius 3 is 3.17 bits per heavy atom. The van der Waals surface area contributed by atoms with Gasteiger partial charge in [-0.2, -0.15) is 0 Å². The van der Waals surface area contributed by atoms with Gasteiger partial charge in [-0.05, 0) is 20.4 Å². The van der Waals surface area contributed by atoms with Crippen LogP contribution in [-0.2, 0) is 30.7 Å². The number of imidazole rings is 1. The fourth-order valence-electron chi connectivity index (χ4n) is 3.43. The molecule has 0 radical (unpaired) electrons. The van der Waals surface area contributed by atoms with Crippen molar-refractivity contribution in [3.05, 3.63) is 28.3 Å². The molecule has 1 amide bonds. The Hall–Kier alpha value is -1.73. The molecule has 4 heterocycles. The topological polar surface area (TPSA) is 63.1 Å². The van der Waals surface area contributed by atoms with Crippen molar-refractivity contribution in [2.45, 2.75) is 39.3 Å². The van der Waals surface area contributed by atoms with Crippen molar-refractivity contribution in [1.82, 2.24) is 19.4 Å². The average molecular weight is 331 g/mol. The molecule has 0 saturated heterocycles. The Morgan fingerprint density at radius 1 is 1.43 bits per heavy atom. The number of carbonyl (C=O) groups is 1. The van der Waals surface area contributed by atoms with Gasteiger partial charge in [0.1, 0.15) is 5.82 Å². The third kappa shape index (κ3) is 2.79. The maximum atomic E-state index is 12.6. The van der Waals surface area contributed by atoms with Crippen LogP contribution in [0.3, 0.4) is 0 Å². The van der Waals surface area contributed by atoms with Crippen molar-refractivity contribution in [2.24, 2.45) is 5.92 Å². The van der Waals surface area contributed by atoms with Crippen molar-refractivity contribution in [2.75, 3.05) is 18.9 Å². The molecule has 2 aromatic rings. The lowest BCUT2D eigenvalue weighted by Gasteiger charge is -2.23. The van der Waals surface area contributed by atoms with Crippen LogP contribution in [0, 0.1) is 12.8 Å². The van der Waals surface area contributed by atoms with E-state index in [2.05, 4.69) is 31.8 Å². The minimum atomic E-state index is 0.0159. The third-order valence-electron chi connectivity index (χ3n) is 4.82. The molecule has 0 saturated carbocycles. The Bertz CT molecular complexity index is 750. The molecule has 0 aromatic carbocycles. The number of anilines is 1. The van der Waals surface area contributed by atoms with Crippen LogP contribution in [0.4, 0.5) is 5.13 Å². The SMILES string of the molecule is Cc1ncc2n1CCC(C(=O)Nc1nc3c(s1)CN(C)CC3)C2. The fraction of sp³-hybridized carbons (Fsp3) is 0.562. The van der Waals surface area contributed by atoms with E-state index in [1.807, 2.05) is 13.1 Å². The predicted molar refractivity (Wildman–Crippen MR) is 89.6 cm³/mol.